The maximum atomic E-state index is 12.8. The minimum absolute atomic E-state index is 0.179. The molecule has 0 aromatic heterocycles. The van der Waals surface area contributed by atoms with Crippen LogP contribution < -0.4 is 11.3 Å². The van der Waals surface area contributed by atoms with Crippen molar-refractivity contribution in [2.75, 3.05) is 6.54 Å². The van der Waals surface area contributed by atoms with Crippen LogP contribution in [0.2, 0.25) is 0 Å². The Labute approximate surface area is 71.6 Å². The molecule has 0 amide bonds. The highest BCUT2D eigenvalue weighted by molar-refractivity contribution is 5.23. The Kier molecular flexibility index (Phi) is 3.19. The summed E-state index contributed by atoms with van der Waals surface area (Å²) < 4.78 is 12.8. The Morgan fingerprint density at radius 2 is 2.17 bits per heavy atom. The van der Waals surface area contributed by atoms with Gasteiger partial charge in [-0.25, -0.2) is 4.39 Å². The molecule has 1 aromatic carbocycles. The van der Waals surface area contributed by atoms with Crippen LogP contribution in [0.4, 0.5) is 4.39 Å². The summed E-state index contributed by atoms with van der Waals surface area (Å²) in [5, 5.41) is 0. The van der Waals surface area contributed by atoms with Gasteiger partial charge in [0.25, 0.3) is 0 Å². The maximum Gasteiger partial charge on any atom is 0.123 e. The summed E-state index contributed by atoms with van der Waals surface area (Å²) in [6.45, 7) is 2.55. The van der Waals surface area contributed by atoms with Gasteiger partial charge in [-0.15, -0.1) is 0 Å². The van der Waals surface area contributed by atoms with Crippen molar-refractivity contribution >= 4 is 0 Å². The third kappa shape index (κ3) is 2.60. The molecule has 0 fully saturated rings. The molecular formula is C9H13FN2. The van der Waals surface area contributed by atoms with Crippen LogP contribution in [0.25, 0.3) is 0 Å². The number of hydrazine groups is 1. The summed E-state index contributed by atoms with van der Waals surface area (Å²) >= 11 is 0. The number of aryl methyl sites for hydroxylation is 1. The highest BCUT2D eigenvalue weighted by atomic mass is 19.1. The molecule has 0 aliphatic carbocycles. The average molecular weight is 168 g/mol. The topological polar surface area (TPSA) is 38.0 Å². The number of nitrogens with two attached hydrogens (primary N) is 1. The fraction of sp³-hybridized carbons (Fsp3) is 0.333. The largest absolute Gasteiger partial charge is 0.271 e. The second kappa shape index (κ2) is 4.18. The predicted octanol–water partition coefficient (Wildman–Crippen LogP) is 1.14. The van der Waals surface area contributed by atoms with Crippen molar-refractivity contribution in [3.8, 4) is 0 Å². The van der Waals surface area contributed by atoms with Crippen LogP contribution in [0.5, 0.6) is 0 Å². The van der Waals surface area contributed by atoms with E-state index < -0.39 is 0 Å². The molecule has 0 bridgehead atoms. The van der Waals surface area contributed by atoms with Crippen LogP contribution in [-0.4, -0.2) is 6.54 Å². The number of rotatable bonds is 3. The first-order chi connectivity index (χ1) is 5.72. The van der Waals surface area contributed by atoms with Gasteiger partial charge in [-0.2, -0.15) is 0 Å². The fourth-order valence-corrected chi connectivity index (χ4v) is 1.17. The zero-order valence-electron chi connectivity index (χ0n) is 7.10. The van der Waals surface area contributed by atoms with Crippen LogP contribution in [0.3, 0.4) is 0 Å². The molecule has 0 radical (unpaired) electrons. The summed E-state index contributed by atoms with van der Waals surface area (Å²) in [5.41, 5.74) is 4.46. The van der Waals surface area contributed by atoms with E-state index >= 15 is 0 Å². The second-order valence-electron chi connectivity index (χ2n) is 2.84. The quantitative estimate of drug-likeness (QED) is 0.524. The molecule has 12 heavy (non-hydrogen) atoms. The lowest BCUT2D eigenvalue weighted by molar-refractivity contribution is 0.622. The first-order valence-electron chi connectivity index (χ1n) is 3.92. The molecule has 0 aliphatic rings. The van der Waals surface area contributed by atoms with Gasteiger partial charge in [0.15, 0.2) is 0 Å². The van der Waals surface area contributed by atoms with Crippen molar-refractivity contribution in [3.63, 3.8) is 0 Å². The fourth-order valence-electron chi connectivity index (χ4n) is 1.17. The summed E-state index contributed by atoms with van der Waals surface area (Å²) in [4.78, 5) is 0. The molecule has 0 saturated carbocycles. The minimum atomic E-state index is -0.179. The Balaban J connectivity index is 2.72. The van der Waals surface area contributed by atoms with Crippen molar-refractivity contribution in [2.24, 2.45) is 5.84 Å². The van der Waals surface area contributed by atoms with Gasteiger partial charge < -0.3 is 0 Å². The van der Waals surface area contributed by atoms with E-state index in [1.807, 2.05) is 13.0 Å². The van der Waals surface area contributed by atoms with Crippen LogP contribution in [-0.2, 0) is 6.42 Å². The number of halogens is 1. The molecule has 66 valence electrons. The zero-order valence-corrected chi connectivity index (χ0v) is 7.10. The maximum absolute atomic E-state index is 12.8. The molecule has 2 nitrogen and oxygen atoms in total. The molecule has 0 unspecified atom stereocenters. The van der Waals surface area contributed by atoms with E-state index in [0.29, 0.717) is 6.54 Å². The number of hydrogen-bond donors (Lipinski definition) is 2. The highest BCUT2D eigenvalue weighted by Crippen LogP contribution is 2.08. The van der Waals surface area contributed by atoms with Gasteiger partial charge >= 0.3 is 0 Å². The van der Waals surface area contributed by atoms with E-state index in [1.165, 1.54) is 12.1 Å². The second-order valence-corrected chi connectivity index (χ2v) is 2.84. The van der Waals surface area contributed by atoms with E-state index in [0.717, 1.165) is 17.5 Å². The van der Waals surface area contributed by atoms with Crippen molar-refractivity contribution in [3.05, 3.63) is 35.1 Å². The predicted molar refractivity (Wildman–Crippen MR) is 47.0 cm³/mol. The Bertz CT molecular complexity index is 240. The number of benzene rings is 1. The molecule has 1 rings (SSSR count). The Morgan fingerprint density at radius 3 is 2.75 bits per heavy atom. The first-order valence-corrected chi connectivity index (χ1v) is 3.92. The molecule has 3 heteroatoms. The van der Waals surface area contributed by atoms with E-state index in [1.54, 1.807) is 0 Å². The van der Waals surface area contributed by atoms with Gasteiger partial charge in [-0.3, -0.25) is 11.3 Å². The van der Waals surface area contributed by atoms with Crippen LogP contribution in [0.1, 0.15) is 11.1 Å². The monoisotopic (exact) mass is 168 g/mol. The zero-order chi connectivity index (χ0) is 8.97. The Hall–Kier alpha value is -0.930. The van der Waals surface area contributed by atoms with Gasteiger partial charge in [0.1, 0.15) is 5.82 Å². The molecule has 0 saturated heterocycles. The minimum Gasteiger partial charge on any atom is -0.271 e. The average Bonchev–Trinajstić information content (AvgIpc) is 1.99. The molecule has 0 atom stereocenters. The third-order valence-electron chi connectivity index (χ3n) is 1.66. The molecule has 0 spiro atoms. The summed E-state index contributed by atoms with van der Waals surface area (Å²) in [7, 11) is 0. The van der Waals surface area contributed by atoms with Crippen molar-refractivity contribution < 1.29 is 4.39 Å². The molecule has 1 aromatic rings. The van der Waals surface area contributed by atoms with E-state index in [9.17, 15) is 4.39 Å². The van der Waals surface area contributed by atoms with Gasteiger partial charge in [0, 0.05) is 6.54 Å². The molecule has 0 heterocycles. The molecular weight excluding hydrogens is 155 g/mol. The SMILES string of the molecule is Cc1cc(F)cc(CCNN)c1. The Morgan fingerprint density at radius 1 is 1.42 bits per heavy atom. The standard InChI is InChI=1S/C9H13FN2/c1-7-4-8(2-3-12-11)6-9(10)5-7/h4-6,12H,2-3,11H2,1H3. The number of hydrogen-bond acceptors (Lipinski definition) is 2. The van der Waals surface area contributed by atoms with Crippen LogP contribution in [0, 0.1) is 12.7 Å². The van der Waals surface area contributed by atoms with Crippen molar-refractivity contribution in [1.82, 2.24) is 5.43 Å². The van der Waals surface area contributed by atoms with Gasteiger partial charge in [0.2, 0.25) is 0 Å². The van der Waals surface area contributed by atoms with Crippen molar-refractivity contribution in [1.29, 1.82) is 0 Å². The third-order valence-corrected chi connectivity index (χ3v) is 1.66. The smallest absolute Gasteiger partial charge is 0.123 e. The van der Waals surface area contributed by atoms with E-state index in [4.69, 9.17) is 5.84 Å². The van der Waals surface area contributed by atoms with Gasteiger partial charge in [-0.05, 0) is 36.6 Å². The van der Waals surface area contributed by atoms with E-state index in [-0.39, 0.29) is 5.82 Å². The lowest BCUT2D eigenvalue weighted by atomic mass is 10.1. The normalized spacial score (nSPS) is 10.2. The van der Waals surface area contributed by atoms with Gasteiger partial charge in [-0.1, -0.05) is 6.07 Å². The lowest BCUT2D eigenvalue weighted by Crippen LogP contribution is -2.24. The van der Waals surface area contributed by atoms with Gasteiger partial charge in [0.05, 0.1) is 0 Å². The van der Waals surface area contributed by atoms with Crippen molar-refractivity contribution in [2.45, 2.75) is 13.3 Å². The highest BCUT2D eigenvalue weighted by Gasteiger charge is 1.96. The lowest BCUT2D eigenvalue weighted by Gasteiger charge is -2.02. The summed E-state index contributed by atoms with van der Waals surface area (Å²) in [6.07, 6.45) is 0.759. The summed E-state index contributed by atoms with van der Waals surface area (Å²) in [5.74, 6) is 4.93. The van der Waals surface area contributed by atoms with Crippen LogP contribution in [0.15, 0.2) is 18.2 Å². The number of nitrogens with one attached hydrogen (secondary N) is 1. The van der Waals surface area contributed by atoms with Crippen LogP contribution >= 0.6 is 0 Å². The first kappa shape index (κ1) is 9.16. The summed E-state index contributed by atoms with van der Waals surface area (Å²) in [6, 6.07) is 5.00. The molecule has 0 aliphatic heterocycles. The molecule has 3 N–H and O–H groups in total. The van der Waals surface area contributed by atoms with E-state index in [2.05, 4.69) is 5.43 Å².